The molecule has 0 amide bonds. The van der Waals surface area contributed by atoms with E-state index in [-0.39, 0.29) is 5.69 Å². The Morgan fingerprint density at radius 2 is 1.85 bits per heavy atom. The van der Waals surface area contributed by atoms with Crippen molar-refractivity contribution in [3.8, 4) is 0 Å². The summed E-state index contributed by atoms with van der Waals surface area (Å²) in [6.07, 6.45) is 1.70. The van der Waals surface area contributed by atoms with E-state index < -0.39 is 0 Å². The minimum Gasteiger partial charge on any atom is -0.382 e. The van der Waals surface area contributed by atoms with Gasteiger partial charge < -0.3 is 14.2 Å². The highest BCUT2D eigenvalue weighted by atomic mass is 16.5. The minimum absolute atomic E-state index is 0.152. The van der Waals surface area contributed by atoms with Crippen molar-refractivity contribution in [3.63, 3.8) is 0 Å². The molecule has 7 nitrogen and oxygen atoms in total. The number of nitrogens with zero attached hydrogens (tertiary/aromatic N) is 3. The summed E-state index contributed by atoms with van der Waals surface area (Å²) < 4.78 is 18.4. The summed E-state index contributed by atoms with van der Waals surface area (Å²) >= 11 is 0. The second-order valence-corrected chi connectivity index (χ2v) is 4.15. The van der Waals surface area contributed by atoms with Crippen LogP contribution in [0.1, 0.15) is 0 Å². The predicted octanol–water partition coefficient (Wildman–Crippen LogP) is 0.176. The van der Waals surface area contributed by atoms with Crippen molar-refractivity contribution in [2.75, 3.05) is 40.1 Å². The minimum atomic E-state index is -0.152. The zero-order valence-electron chi connectivity index (χ0n) is 11.5. The second-order valence-electron chi connectivity index (χ2n) is 4.15. The van der Waals surface area contributed by atoms with Gasteiger partial charge in [-0.1, -0.05) is 6.07 Å². The maximum absolute atomic E-state index is 11.9. The van der Waals surface area contributed by atoms with E-state index >= 15 is 0 Å². The molecule has 0 radical (unpaired) electrons. The number of pyridine rings is 1. The number of hydrogen-bond donors (Lipinski definition) is 0. The van der Waals surface area contributed by atoms with Crippen LogP contribution < -0.4 is 5.69 Å². The quantitative estimate of drug-likeness (QED) is 0.613. The van der Waals surface area contributed by atoms with Gasteiger partial charge in [-0.2, -0.15) is 0 Å². The third kappa shape index (κ3) is 3.89. The lowest BCUT2D eigenvalue weighted by Gasteiger charge is -2.04. The van der Waals surface area contributed by atoms with Crippen LogP contribution in [0.15, 0.2) is 29.2 Å². The number of aromatic nitrogens is 3. The highest BCUT2D eigenvalue weighted by Gasteiger charge is 2.04. The lowest BCUT2D eigenvalue weighted by atomic mass is 10.5. The lowest BCUT2D eigenvalue weighted by molar-refractivity contribution is 0.0224. The third-order valence-corrected chi connectivity index (χ3v) is 2.74. The summed E-state index contributed by atoms with van der Waals surface area (Å²) in [5.41, 5.74) is 0.487. The van der Waals surface area contributed by atoms with E-state index in [0.29, 0.717) is 45.2 Å². The van der Waals surface area contributed by atoms with E-state index in [1.54, 1.807) is 25.4 Å². The molecule has 0 aliphatic rings. The van der Waals surface area contributed by atoms with Crippen LogP contribution in [0.25, 0.3) is 5.65 Å². The van der Waals surface area contributed by atoms with Crippen molar-refractivity contribution in [1.82, 2.24) is 14.2 Å². The smallest absolute Gasteiger partial charge is 0.350 e. The lowest BCUT2D eigenvalue weighted by Crippen LogP contribution is -2.23. The van der Waals surface area contributed by atoms with E-state index in [9.17, 15) is 4.79 Å². The Bertz CT molecular complexity index is 578. The van der Waals surface area contributed by atoms with Gasteiger partial charge in [0.25, 0.3) is 0 Å². The average Bonchev–Trinajstić information content (AvgIpc) is 2.79. The van der Waals surface area contributed by atoms with Gasteiger partial charge in [-0.25, -0.2) is 9.48 Å². The normalized spacial score (nSPS) is 11.2. The maximum atomic E-state index is 11.9. The summed E-state index contributed by atoms with van der Waals surface area (Å²) in [6.45, 7) is 3.01. The van der Waals surface area contributed by atoms with E-state index in [1.807, 2.05) is 6.07 Å². The molecule has 0 atom stereocenters. The van der Waals surface area contributed by atoms with Crippen LogP contribution >= 0.6 is 0 Å². The molecule has 7 heteroatoms. The molecular weight excluding hydrogens is 262 g/mol. The van der Waals surface area contributed by atoms with Gasteiger partial charge >= 0.3 is 5.69 Å². The average molecular weight is 281 g/mol. The van der Waals surface area contributed by atoms with E-state index in [1.165, 1.54) is 9.08 Å². The van der Waals surface area contributed by atoms with Crippen LogP contribution in [-0.4, -0.2) is 54.3 Å². The van der Waals surface area contributed by atoms with Crippen LogP contribution in [0, 0.1) is 0 Å². The molecule has 0 aliphatic heterocycles. The van der Waals surface area contributed by atoms with Gasteiger partial charge in [-0.3, -0.25) is 4.40 Å². The molecule has 0 bridgehead atoms. The number of fused-ring (bicyclic) bond motifs is 1. The molecule has 0 saturated carbocycles. The fraction of sp³-hybridized carbons (Fsp3) is 0.538. The van der Waals surface area contributed by atoms with Crippen molar-refractivity contribution in [1.29, 1.82) is 0 Å². The number of ether oxygens (including phenoxy) is 3. The first kappa shape index (κ1) is 14.7. The van der Waals surface area contributed by atoms with Gasteiger partial charge in [0.1, 0.15) is 0 Å². The Kier molecular flexibility index (Phi) is 5.72. The van der Waals surface area contributed by atoms with Gasteiger partial charge in [-0.05, 0) is 12.1 Å². The highest BCUT2D eigenvalue weighted by molar-refractivity contribution is 5.35. The molecule has 110 valence electrons. The molecular formula is C13H19N3O4. The Morgan fingerprint density at radius 1 is 1.10 bits per heavy atom. The topological polar surface area (TPSA) is 67.0 Å². The third-order valence-electron chi connectivity index (χ3n) is 2.74. The van der Waals surface area contributed by atoms with Gasteiger partial charge in [0.05, 0.1) is 39.6 Å². The zero-order valence-corrected chi connectivity index (χ0v) is 11.5. The van der Waals surface area contributed by atoms with Crippen molar-refractivity contribution >= 4 is 5.65 Å². The summed E-state index contributed by atoms with van der Waals surface area (Å²) in [4.78, 5) is 11.9. The SMILES string of the molecule is COCCOCCOCCn1nc2ccccn2c1=O. The molecule has 0 aliphatic carbocycles. The first-order chi connectivity index (χ1) is 9.83. The summed E-state index contributed by atoms with van der Waals surface area (Å²) in [7, 11) is 1.63. The van der Waals surface area contributed by atoms with Crippen molar-refractivity contribution in [3.05, 3.63) is 34.9 Å². The Labute approximate surface area is 116 Å². The van der Waals surface area contributed by atoms with E-state index in [4.69, 9.17) is 14.2 Å². The number of hydrogen-bond acceptors (Lipinski definition) is 5. The zero-order chi connectivity index (χ0) is 14.2. The molecule has 0 N–H and O–H groups in total. The van der Waals surface area contributed by atoms with Gasteiger partial charge in [-0.15, -0.1) is 5.10 Å². The standard InChI is InChI=1S/C13H19N3O4/c1-18-8-9-20-11-10-19-7-6-16-13(17)15-5-3-2-4-12(15)14-16/h2-5H,6-11H2,1H3. The molecule has 0 unspecified atom stereocenters. The summed E-state index contributed by atoms with van der Waals surface area (Å²) in [5, 5.41) is 4.21. The maximum Gasteiger partial charge on any atom is 0.350 e. The van der Waals surface area contributed by atoms with E-state index in [2.05, 4.69) is 5.10 Å². The van der Waals surface area contributed by atoms with E-state index in [0.717, 1.165) is 0 Å². The second kappa shape index (κ2) is 7.78. The molecule has 0 saturated heterocycles. The largest absolute Gasteiger partial charge is 0.382 e. The Balaban J connectivity index is 1.71. The monoisotopic (exact) mass is 281 g/mol. The van der Waals surface area contributed by atoms with Gasteiger partial charge in [0.2, 0.25) is 0 Å². The first-order valence-corrected chi connectivity index (χ1v) is 6.51. The fourth-order valence-electron chi connectivity index (χ4n) is 1.73. The molecule has 0 fully saturated rings. The van der Waals surface area contributed by atoms with Crippen LogP contribution in [0.3, 0.4) is 0 Å². The molecule has 2 aromatic heterocycles. The summed E-state index contributed by atoms with van der Waals surface area (Å²) in [5.74, 6) is 0. The van der Waals surface area contributed by atoms with Crippen molar-refractivity contribution in [2.24, 2.45) is 0 Å². The molecule has 2 aromatic rings. The molecule has 0 spiro atoms. The first-order valence-electron chi connectivity index (χ1n) is 6.51. The number of rotatable bonds is 9. The molecule has 2 heterocycles. The molecule has 0 aromatic carbocycles. The summed E-state index contributed by atoms with van der Waals surface area (Å²) in [6, 6.07) is 5.44. The van der Waals surface area contributed by atoms with Gasteiger partial charge in [0.15, 0.2) is 5.65 Å². The highest BCUT2D eigenvalue weighted by Crippen LogP contribution is 1.94. The fourth-order valence-corrected chi connectivity index (χ4v) is 1.73. The van der Waals surface area contributed by atoms with Crippen molar-refractivity contribution in [2.45, 2.75) is 6.54 Å². The van der Waals surface area contributed by atoms with Crippen LogP contribution in [0.2, 0.25) is 0 Å². The Morgan fingerprint density at radius 3 is 2.60 bits per heavy atom. The van der Waals surface area contributed by atoms with Crippen molar-refractivity contribution < 1.29 is 14.2 Å². The number of methoxy groups -OCH3 is 1. The van der Waals surface area contributed by atoms with Gasteiger partial charge in [0, 0.05) is 13.3 Å². The predicted molar refractivity (Wildman–Crippen MR) is 73.0 cm³/mol. The molecule has 20 heavy (non-hydrogen) atoms. The van der Waals surface area contributed by atoms with Crippen LogP contribution in [-0.2, 0) is 20.8 Å². The van der Waals surface area contributed by atoms with Crippen LogP contribution in [0.4, 0.5) is 0 Å². The van der Waals surface area contributed by atoms with Crippen LogP contribution in [0.5, 0.6) is 0 Å². The Hall–Kier alpha value is -1.70. The molecule has 2 rings (SSSR count).